The fourth-order valence-electron chi connectivity index (χ4n) is 3.33. The number of aryl methyl sites for hydroxylation is 1. The van der Waals surface area contributed by atoms with Gasteiger partial charge >= 0.3 is 0 Å². The number of H-pyrrole nitrogens is 1. The van der Waals surface area contributed by atoms with E-state index in [-0.39, 0.29) is 11.8 Å². The van der Waals surface area contributed by atoms with E-state index >= 15 is 0 Å². The molecule has 8 heteroatoms. The number of likely N-dealkylation sites (tertiary alicyclic amines) is 1. The number of carbonyl (C=O) groups excluding carboxylic acids is 2. The summed E-state index contributed by atoms with van der Waals surface area (Å²) in [5.74, 6) is 0.644. The van der Waals surface area contributed by atoms with Crippen molar-refractivity contribution in [2.24, 2.45) is 0 Å². The van der Waals surface area contributed by atoms with Crippen LogP contribution in [0.25, 0.3) is 0 Å². The Bertz CT molecular complexity index is 786. The first kappa shape index (κ1) is 14.9. The van der Waals surface area contributed by atoms with Crippen LogP contribution >= 0.6 is 0 Å². The second-order valence-corrected chi connectivity index (χ2v) is 6.35. The van der Waals surface area contributed by atoms with Crippen LogP contribution in [-0.4, -0.2) is 61.0 Å². The van der Waals surface area contributed by atoms with Gasteiger partial charge in [-0.15, -0.1) is 0 Å². The van der Waals surface area contributed by atoms with E-state index in [1.807, 2.05) is 22.6 Å². The first-order chi connectivity index (χ1) is 11.6. The summed E-state index contributed by atoms with van der Waals surface area (Å²) < 4.78 is 1.84. The maximum atomic E-state index is 12.5. The topological polar surface area (TPSA) is 87.1 Å². The number of hydrogen-bond donors (Lipinski definition) is 1. The molecule has 0 bridgehead atoms. The number of carbonyl (C=O) groups is 2. The predicted molar refractivity (Wildman–Crippen MR) is 85.4 cm³/mol. The normalized spacial score (nSPS) is 17.2. The molecule has 2 aromatic heterocycles. The van der Waals surface area contributed by atoms with Gasteiger partial charge in [0.25, 0.3) is 11.8 Å². The third-order valence-corrected chi connectivity index (χ3v) is 4.63. The standard InChI is InChI=1S/C16H20N6O2/c1-11-17-9-14(18-11)16(24)21-6-7-22-12(10-21)8-13(19-22)15(23)20-4-2-3-5-20/h8-9H,2-7,10H2,1H3,(H,17,18). The Hall–Kier alpha value is -2.64. The van der Waals surface area contributed by atoms with Crippen LogP contribution in [0.2, 0.25) is 0 Å². The highest BCUT2D eigenvalue weighted by Gasteiger charge is 2.27. The Morgan fingerprint density at radius 3 is 2.58 bits per heavy atom. The van der Waals surface area contributed by atoms with E-state index in [0.717, 1.165) is 37.4 Å². The van der Waals surface area contributed by atoms with Crippen molar-refractivity contribution in [3.05, 3.63) is 35.2 Å². The van der Waals surface area contributed by atoms with Gasteiger partial charge in [0.15, 0.2) is 5.69 Å². The van der Waals surface area contributed by atoms with Gasteiger partial charge in [0, 0.05) is 19.6 Å². The predicted octanol–water partition coefficient (Wildman–Crippen LogP) is 0.807. The van der Waals surface area contributed by atoms with E-state index in [1.54, 1.807) is 11.1 Å². The molecule has 0 unspecified atom stereocenters. The van der Waals surface area contributed by atoms with Crippen molar-refractivity contribution in [1.29, 1.82) is 0 Å². The van der Waals surface area contributed by atoms with Gasteiger partial charge in [-0.1, -0.05) is 0 Å². The first-order valence-corrected chi connectivity index (χ1v) is 8.29. The van der Waals surface area contributed by atoms with Gasteiger partial charge in [0.1, 0.15) is 11.5 Å². The molecular formula is C16H20N6O2. The van der Waals surface area contributed by atoms with Crippen molar-refractivity contribution in [2.75, 3.05) is 19.6 Å². The van der Waals surface area contributed by atoms with Gasteiger partial charge in [0.05, 0.1) is 25.0 Å². The quantitative estimate of drug-likeness (QED) is 0.883. The molecule has 2 amide bonds. The number of fused-ring (bicyclic) bond motifs is 1. The Morgan fingerprint density at radius 1 is 1.08 bits per heavy atom. The Kier molecular flexibility index (Phi) is 3.59. The van der Waals surface area contributed by atoms with Crippen LogP contribution < -0.4 is 0 Å². The van der Waals surface area contributed by atoms with Crippen molar-refractivity contribution in [3.8, 4) is 0 Å². The number of aromatic amines is 1. The fourth-order valence-corrected chi connectivity index (χ4v) is 3.33. The maximum Gasteiger partial charge on any atom is 0.274 e. The largest absolute Gasteiger partial charge is 0.338 e. The lowest BCUT2D eigenvalue weighted by Gasteiger charge is -2.27. The van der Waals surface area contributed by atoms with E-state index in [2.05, 4.69) is 15.1 Å². The molecule has 4 rings (SSSR count). The molecule has 2 aliphatic rings. The third kappa shape index (κ3) is 2.57. The maximum absolute atomic E-state index is 12.5. The highest BCUT2D eigenvalue weighted by molar-refractivity contribution is 5.93. The molecule has 0 saturated carbocycles. The van der Waals surface area contributed by atoms with Crippen LogP contribution in [0, 0.1) is 6.92 Å². The summed E-state index contributed by atoms with van der Waals surface area (Å²) in [5, 5.41) is 4.43. The minimum Gasteiger partial charge on any atom is -0.338 e. The SMILES string of the molecule is Cc1ncc(C(=O)N2CCn3nc(C(=O)N4CCCC4)cc3C2)[nH]1. The van der Waals surface area contributed by atoms with Gasteiger partial charge in [-0.25, -0.2) is 4.98 Å². The highest BCUT2D eigenvalue weighted by atomic mass is 16.2. The van der Waals surface area contributed by atoms with Crippen LogP contribution in [0.3, 0.4) is 0 Å². The van der Waals surface area contributed by atoms with Crippen molar-refractivity contribution >= 4 is 11.8 Å². The summed E-state index contributed by atoms with van der Waals surface area (Å²) in [4.78, 5) is 35.6. The Morgan fingerprint density at radius 2 is 1.88 bits per heavy atom. The monoisotopic (exact) mass is 328 g/mol. The zero-order valence-corrected chi connectivity index (χ0v) is 13.7. The van der Waals surface area contributed by atoms with Crippen LogP contribution in [0.1, 0.15) is 45.3 Å². The molecule has 1 saturated heterocycles. The Labute approximate surface area is 139 Å². The van der Waals surface area contributed by atoms with Crippen molar-refractivity contribution in [1.82, 2.24) is 29.5 Å². The average molecular weight is 328 g/mol. The number of aromatic nitrogens is 4. The average Bonchev–Trinajstić information content (AvgIpc) is 3.32. The Balaban J connectivity index is 1.51. The number of rotatable bonds is 2. The fraction of sp³-hybridized carbons (Fsp3) is 0.500. The minimum absolute atomic E-state index is 0.00327. The molecule has 4 heterocycles. The second-order valence-electron chi connectivity index (χ2n) is 6.35. The lowest BCUT2D eigenvalue weighted by molar-refractivity contribution is 0.0698. The molecular weight excluding hydrogens is 308 g/mol. The number of imidazole rings is 1. The van der Waals surface area contributed by atoms with Gasteiger partial charge in [-0.2, -0.15) is 5.10 Å². The summed E-state index contributed by atoms with van der Waals surface area (Å²) in [6, 6.07) is 1.82. The van der Waals surface area contributed by atoms with Gasteiger partial charge in [-0.05, 0) is 25.8 Å². The van der Waals surface area contributed by atoms with Crippen molar-refractivity contribution in [2.45, 2.75) is 32.9 Å². The zero-order chi connectivity index (χ0) is 16.7. The molecule has 126 valence electrons. The van der Waals surface area contributed by atoms with Gasteiger partial charge < -0.3 is 14.8 Å². The van der Waals surface area contributed by atoms with E-state index < -0.39 is 0 Å². The molecule has 0 atom stereocenters. The molecule has 1 N–H and O–H groups in total. The van der Waals surface area contributed by atoms with Crippen LogP contribution in [0.4, 0.5) is 0 Å². The van der Waals surface area contributed by atoms with Crippen LogP contribution in [-0.2, 0) is 13.1 Å². The molecule has 1 fully saturated rings. The summed E-state index contributed by atoms with van der Waals surface area (Å²) >= 11 is 0. The lowest BCUT2D eigenvalue weighted by Crippen LogP contribution is -2.38. The number of amides is 2. The van der Waals surface area contributed by atoms with E-state index in [1.165, 1.54) is 0 Å². The van der Waals surface area contributed by atoms with Gasteiger partial charge in [-0.3, -0.25) is 14.3 Å². The number of hydrogen-bond acceptors (Lipinski definition) is 4. The summed E-state index contributed by atoms with van der Waals surface area (Å²) in [7, 11) is 0. The van der Waals surface area contributed by atoms with E-state index in [9.17, 15) is 9.59 Å². The summed E-state index contributed by atoms with van der Waals surface area (Å²) in [5.41, 5.74) is 1.88. The molecule has 0 aliphatic carbocycles. The molecule has 0 radical (unpaired) electrons. The smallest absolute Gasteiger partial charge is 0.274 e. The molecule has 8 nitrogen and oxygen atoms in total. The van der Waals surface area contributed by atoms with Crippen LogP contribution in [0.5, 0.6) is 0 Å². The molecule has 2 aromatic rings. The van der Waals surface area contributed by atoms with Crippen molar-refractivity contribution < 1.29 is 9.59 Å². The summed E-state index contributed by atoms with van der Waals surface area (Å²) in [6.45, 7) is 5.06. The first-order valence-electron chi connectivity index (χ1n) is 8.29. The third-order valence-electron chi connectivity index (χ3n) is 4.63. The van der Waals surface area contributed by atoms with Crippen molar-refractivity contribution in [3.63, 3.8) is 0 Å². The molecule has 0 spiro atoms. The number of nitrogens with zero attached hydrogens (tertiary/aromatic N) is 5. The minimum atomic E-state index is -0.0736. The highest BCUT2D eigenvalue weighted by Crippen LogP contribution is 2.18. The van der Waals surface area contributed by atoms with E-state index in [0.29, 0.717) is 31.0 Å². The molecule has 2 aliphatic heterocycles. The molecule has 0 aromatic carbocycles. The lowest BCUT2D eigenvalue weighted by atomic mass is 10.2. The zero-order valence-electron chi connectivity index (χ0n) is 13.7. The molecule has 24 heavy (non-hydrogen) atoms. The van der Waals surface area contributed by atoms with Crippen LogP contribution in [0.15, 0.2) is 12.3 Å². The summed E-state index contributed by atoms with van der Waals surface area (Å²) in [6.07, 6.45) is 3.68. The second kappa shape index (κ2) is 5.77. The number of nitrogens with one attached hydrogen (secondary N) is 1. The van der Waals surface area contributed by atoms with E-state index in [4.69, 9.17) is 0 Å². The van der Waals surface area contributed by atoms with Gasteiger partial charge in [0.2, 0.25) is 0 Å².